The molecule has 6 nitrogen and oxygen atoms in total. The number of hydrogen-bond acceptors (Lipinski definition) is 5. The Morgan fingerprint density at radius 1 is 1.09 bits per heavy atom. The van der Waals surface area contributed by atoms with Crippen LogP contribution in [0.1, 0.15) is 37.7 Å². The summed E-state index contributed by atoms with van der Waals surface area (Å²) in [6, 6.07) is 11.0. The maximum absolute atomic E-state index is 13.5. The largest absolute Gasteiger partial charge is 0.493 e. The van der Waals surface area contributed by atoms with Crippen LogP contribution >= 0.6 is 0 Å². The highest BCUT2D eigenvalue weighted by Gasteiger charge is 2.40. The highest BCUT2D eigenvalue weighted by molar-refractivity contribution is 6.10. The number of Topliss-reactive ketones (excluding diaryl/α,β-unsaturated/α-hetero) is 1. The van der Waals surface area contributed by atoms with Crippen LogP contribution in [-0.4, -0.2) is 25.9 Å². The molecule has 1 amide bonds. The quantitative estimate of drug-likeness (QED) is 0.724. The van der Waals surface area contributed by atoms with Crippen molar-refractivity contribution < 1.29 is 23.5 Å². The zero-order chi connectivity index (χ0) is 22.8. The van der Waals surface area contributed by atoms with E-state index in [1.165, 1.54) is 31.4 Å². The van der Waals surface area contributed by atoms with Crippen molar-refractivity contribution in [1.29, 1.82) is 0 Å². The lowest BCUT2D eigenvalue weighted by Gasteiger charge is -2.35. The molecule has 0 aromatic heterocycles. The van der Waals surface area contributed by atoms with Gasteiger partial charge in [-0.15, -0.1) is 0 Å². The first-order chi connectivity index (χ1) is 15.4. The molecule has 1 aliphatic heterocycles. The molecular weight excluding hydrogens is 411 g/mol. The Labute approximate surface area is 186 Å². The molecule has 166 valence electrons. The normalized spacial score (nSPS) is 18.1. The van der Waals surface area contributed by atoms with E-state index in [0.29, 0.717) is 46.0 Å². The number of hydrogen-bond donors (Lipinski definition) is 2. The Morgan fingerprint density at radius 3 is 2.53 bits per heavy atom. The monoisotopic (exact) mass is 436 g/mol. The summed E-state index contributed by atoms with van der Waals surface area (Å²) in [5, 5.41) is 6.12. The molecular formula is C25H25FN2O4. The fraction of sp³-hybridized carbons (Fsp3) is 0.280. The number of ether oxygens (including phenoxy) is 2. The Hall–Kier alpha value is -3.61. The summed E-state index contributed by atoms with van der Waals surface area (Å²) in [6.45, 7) is 1.82. The van der Waals surface area contributed by atoms with Gasteiger partial charge < -0.3 is 20.1 Å². The van der Waals surface area contributed by atoms with Crippen LogP contribution in [0.4, 0.5) is 10.1 Å². The Morgan fingerprint density at radius 2 is 1.84 bits per heavy atom. The third kappa shape index (κ3) is 3.86. The van der Waals surface area contributed by atoms with Gasteiger partial charge in [-0.3, -0.25) is 9.59 Å². The van der Waals surface area contributed by atoms with E-state index in [1.807, 2.05) is 19.1 Å². The predicted octanol–water partition coefficient (Wildman–Crippen LogP) is 4.45. The topological polar surface area (TPSA) is 76.7 Å². The molecule has 32 heavy (non-hydrogen) atoms. The molecule has 1 heterocycles. The molecule has 4 rings (SSSR count). The summed E-state index contributed by atoms with van der Waals surface area (Å²) < 4.78 is 24.4. The first-order valence-electron chi connectivity index (χ1n) is 10.5. The molecule has 2 aliphatic rings. The molecule has 1 unspecified atom stereocenters. The van der Waals surface area contributed by atoms with E-state index >= 15 is 0 Å². The number of para-hydroxylation sites is 1. The van der Waals surface area contributed by atoms with Gasteiger partial charge in [-0.1, -0.05) is 12.1 Å². The van der Waals surface area contributed by atoms with E-state index in [2.05, 4.69) is 10.6 Å². The molecule has 1 atom stereocenters. The van der Waals surface area contributed by atoms with Crippen LogP contribution in [0.5, 0.6) is 11.5 Å². The Bertz CT molecular complexity index is 1140. The van der Waals surface area contributed by atoms with Crippen molar-refractivity contribution in [3.8, 4) is 11.5 Å². The third-order valence-corrected chi connectivity index (χ3v) is 5.87. The summed E-state index contributed by atoms with van der Waals surface area (Å²) >= 11 is 0. The number of benzene rings is 2. The van der Waals surface area contributed by atoms with Crippen molar-refractivity contribution in [2.45, 2.75) is 32.1 Å². The minimum Gasteiger partial charge on any atom is -0.493 e. The van der Waals surface area contributed by atoms with Crippen molar-refractivity contribution in [2.24, 2.45) is 0 Å². The second-order valence-electron chi connectivity index (χ2n) is 7.81. The lowest BCUT2D eigenvalue weighted by Crippen LogP contribution is -2.35. The van der Waals surface area contributed by atoms with E-state index in [4.69, 9.17) is 9.47 Å². The second kappa shape index (κ2) is 8.86. The third-order valence-electron chi connectivity index (χ3n) is 5.87. The van der Waals surface area contributed by atoms with E-state index in [1.54, 1.807) is 13.2 Å². The van der Waals surface area contributed by atoms with E-state index in [-0.39, 0.29) is 17.5 Å². The molecule has 0 fully saturated rings. The zero-order valence-corrected chi connectivity index (χ0v) is 18.3. The summed E-state index contributed by atoms with van der Waals surface area (Å²) in [6.07, 6.45) is 1.92. The zero-order valence-electron chi connectivity index (χ0n) is 18.3. The molecule has 0 spiro atoms. The molecule has 2 aromatic carbocycles. The minimum atomic E-state index is -0.621. The average molecular weight is 436 g/mol. The number of allylic oxidation sites excluding steroid dienone is 3. The number of rotatable bonds is 5. The van der Waals surface area contributed by atoms with Crippen molar-refractivity contribution in [2.75, 3.05) is 19.5 Å². The molecule has 0 saturated carbocycles. The van der Waals surface area contributed by atoms with Crippen molar-refractivity contribution in [3.05, 3.63) is 76.4 Å². The van der Waals surface area contributed by atoms with Crippen LogP contribution in [0.2, 0.25) is 0 Å². The summed E-state index contributed by atoms with van der Waals surface area (Å²) in [7, 11) is 3.08. The number of anilines is 1. The number of carbonyl (C=O) groups excluding carboxylic acids is 2. The van der Waals surface area contributed by atoms with Crippen LogP contribution in [0.25, 0.3) is 0 Å². The number of halogens is 1. The number of carbonyl (C=O) groups is 2. The van der Waals surface area contributed by atoms with Crippen LogP contribution < -0.4 is 20.1 Å². The number of nitrogens with one attached hydrogen (secondary N) is 2. The van der Waals surface area contributed by atoms with Gasteiger partial charge >= 0.3 is 0 Å². The fourth-order valence-electron chi connectivity index (χ4n) is 4.47. The summed E-state index contributed by atoms with van der Waals surface area (Å²) in [5.74, 6) is -0.379. The van der Waals surface area contributed by atoms with Gasteiger partial charge in [0.2, 0.25) is 0 Å². The number of methoxy groups -OCH3 is 2. The van der Waals surface area contributed by atoms with Crippen molar-refractivity contribution in [3.63, 3.8) is 0 Å². The predicted molar refractivity (Wildman–Crippen MR) is 119 cm³/mol. The average Bonchev–Trinajstić information content (AvgIpc) is 2.79. The van der Waals surface area contributed by atoms with Crippen molar-refractivity contribution >= 4 is 17.4 Å². The highest BCUT2D eigenvalue weighted by atomic mass is 19.1. The maximum atomic E-state index is 13.5. The van der Waals surface area contributed by atoms with Crippen LogP contribution in [0.3, 0.4) is 0 Å². The first-order valence-corrected chi connectivity index (χ1v) is 10.5. The minimum absolute atomic E-state index is 0.00760. The van der Waals surface area contributed by atoms with E-state index in [0.717, 1.165) is 18.5 Å². The van der Waals surface area contributed by atoms with Crippen LogP contribution in [0.15, 0.2) is 65.0 Å². The Balaban J connectivity index is 1.85. The van der Waals surface area contributed by atoms with E-state index in [9.17, 15) is 14.0 Å². The van der Waals surface area contributed by atoms with E-state index < -0.39 is 5.92 Å². The molecule has 2 aromatic rings. The lowest BCUT2D eigenvalue weighted by molar-refractivity contribution is -0.116. The van der Waals surface area contributed by atoms with Gasteiger partial charge in [0.15, 0.2) is 17.3 Å². The molecule has 0 radical (unpaired) electrons. The van der Waals surface area contributed by atoms with Gasteiger partial charge in [-0.2, -0.15) is 0 Å². The van der Waals surface area contributed by atoms with Gasteiger partial charge in [0.05, 0.1) is 20.1 Å². The first kappa shape index (κ1) is 21.6. The molecule has 0 saturated heterocycles. The van der Waals surface area contributed by atoms with Gasteiger partial charge in [0.1, 0.15) is 5.82 Å². The summed E-state index contributed by atoms with van der Waals surface area (Å²) in [4.78, 5) is 26.5. The SMILES string of the molecule is COc1cccc(C2C(C(=O)Nc3ccc(F)cc3)=C(C)NC3=C2C(=O)CCC3)c1OC. The number of amides is 1. The van der Waals surface area contributed by atoms with Crippen LogP contribution in [-0.2, 0) is 9.59 Å². The Kier molecular flexibility index (Phi) is 5.99. The summed E-state index contributed by atoms with van der Waals surface area (Å²) in [5.41, 5.74) is 3.63. The van der Waals surface area contributed by atoms with Gasteiger partial charge in [0, 0.05) is 40.2 Å². The van der Waals surface area contributed by atoms with Crippen molar-refractivity contribution in [1.82, 2.24) is 5.32 Å². The smallest absolute Gasteiger partial charge is 0.254 e. The molecule has 0 bridgehead atoms. The number of dihydropyridines is 1. The maximum Gasteiger partial charge on any atom is 0.254 e. The standard InChI is InChI=1S/C25H25FN2O4/c1-14-21(25(30)28-16-12-10-15(26)11-13-16)22(23-18(27-14)7-5-8-19(23)29)17-6-4-9-20(31-2)24(17)32-3/h4,6,9-13,22,27H,5,7-8H2,1-3H3,(H,28,30). The second-order valence-corrected chi connectivity index (χ2v) is 7.81. The molecule has 2 N–H and O–H groups in total. The van der Waals surface area contributed by atoms with Gasteiger partial charge in [-0.05, 0) is 50.1 Å². The molecule has 1 aliphatic carbocycles. The van der Waals surface area contributed by atoms with Gasteiger partial charge in [0.25, 0.3) is 5.91 Å². The van der Waals surface area contributed by atoms with Gasteiger partial charge in [-0.25, -0.2) is 4.39 Å². The lowest BCUT2D eigenvalue weighted by atomic mass is 9.74. The molecule has 7 heteroatoms. The highest BCUT2D eigenvalue weighted by Crippen LogP contribution is 2.47. The fourth-order valence-corrected chi connectivity index (χ4v) is 4.47. The number of ketones is 1. The van der Waals surface area contributed by atoms with Crippen LogP contribution in [0, 0.1) is 5.82 Å².